The first kappa shape index (κ1) is 33.9. The van der Waals surface area contributed by atoms with E-state index in [1.165, 1.54) is 35.4 Å². The van der Waals surface area contributed by atoms with Crippen LogP contribution in [-0.2, 0) is 7.05 Å². The molecule has 1 saturated heterocycles. The number of aliphatic imine (C=N–C) groups is 2. The number of aryl methyl sites for hydroxylation is 4. The van der Waals surface area contributed by atoms with E-state index in [9.17, 15) is 0 Å². The first-order valence-corrected chi connectivity index (χ1v) is 15.6. The standard InChI is InChI=1S/C8H7NS.C5H8N2.C5H7N.C5H11N.C5H7N.C4H5NS/c1-6-9-7-4-2-3-5-8(7)10-6;1-5-3-7(2)4-6-5;1-5-2-3-6-4-5;2*1-5-3-2-4-6-5;1-4-5-2-3-6-4/h2-5H,1H3;3-4H,1-2H3;3-4H,2H2,1H3;5-6H,2-4H2,1H3;2,4H,3H2,1H3;2-3H,1H3. The molecule has 1 aromatic carbocycles. The van der Waals surface area contributed by atoms with Gasteiger partial charge in [0.15, 0.2) is 0 Å². The van der Waals surface area contributed by atoms with Crippen molar-refractivity contribution in [3.05, 3.63) is 88.1 Å². The molecule has 0 amide bonds. The van der Waals surface area contributed by atoms with Gasteiger partial charge in [0.05, 0.1) is 32.3 Å². The molecular formula is C32H45N7S2. The van der Waals surface area contributed by atoms with Crippen molar-refractivity contribution in [2.24, 2.45) is 17.0 Å². The molecule has 4 aromatic rings. The summed E-state index contributed by atoms with van der Waals surface area (Å²) in [4.78, 5) is 20.1. The fraction of sp³-hybridized carbons (Fsp3) is 0.406. The summed E-state index contributed by atoms with van der Waals surface area (Å²) in [6.07, 6.45) is 18.1. The minimum absolute atomic E-state index is 0.796. The Kier molecular flexibility index (Phi) is 16.3. The van der Waals surface area contributed by atoms with E-state index in [0.29, 0.717) is 0 Å². The molecule has 0 aliphatic carbocycles. The SMILES string of the molecule is CC1=CN=CC1.CC1=NC=CC1.CC1CCCN1.Cc1cn(C)cn1.Cc1nc2ccccc2s1.Cc1nccs1. The molecule has 1 unspecified atom stereocenters. The third kappa shape index (κ3) is 15.9. The van der Waals surface area contributed by atoms with Gasteiger partial charge in [-0.25, -0.2) is 9.97 Å². The molecule has 220 valence electrons. The van der Waals surface area contributed by atoms with Crippen LogP contribution in [0.25, 0.3) is 10.2 Å². The number of aromatic nitrogens is 4. The third-order valence-corrected chi connectivity index (χ3v) is 7.38. The second-order valence-corrected chi connectivity index (χ2v) is 12.2. The summed E-state index contributed by atoms with van der Waals surface area (Å²) in [5.74, 6) is 0. The van der Waals surface area contributed by atoms with Crippen LogP contribution >= 0.6 is 22.7 Å². The predicted molar refractivity (Wildman–Crippen MR) is 180 cm³/mol. The minimum Gasteiger partial charge on any atom is -0.340 e. The summed E-state index contributed by atoms with van der Waals surface area (Å²) in [5, 5.41) is 7.56. The van der Waals surface area contributed by atoms with Crippen molar-refractivity contribution in [1.82, 2.24) is 24.8 Å². The molecule has 0 spiro atoms. The molecule has 7 nitrogen and oxygen atoms in total. The van der Waals surface area contributed by atoms with E-state index in [1.54, 1.807) is 35.2 Å². The molecule has 41 heavy (non-hydrogen) atoms. The third-order valence-electron chi connectivity index (χ3n) is 5.72. The van der Waals surface area contributed by atoms with Crippen LogP contribution in [0.1, 0.15) is 62.2 Å². The van der Waals surface area contributed by atoms with Gasteiger partial charge in [-0.2, -0.15) is 0 Å². The van der Waals surface area contributed by atoms with Crippen molar-refractivity contribution < 1.29 is 0 Å². The summed E-state index contributed by atoms with van der Waals surface area (Å²) in [6.45, 7) is 13.6. The van der Waals surface area contributed by atoms with E-state index in [1.807, 2.05) is 87.7 Å². The molecular weight excluding hydrogens is 547 g/mol. The molecule has 1 fully saturated rings. The van der Waals surface area contributed by atoms with E-state index in [0.717, 1.165) is 40.1 Å². The number of rotatable bonds is 0. The lowest BCUT2D eigenvalue weighted by Gasteiger charge is -1.95. The highest BCUT2D eigenvalue weighted by atomic mass is 32.1. The number of nitrogens with zero attached hydrogens (tertiary/aromatic N) is 6. The molecule has 7 rings (SSSR count). The maximum absolute atomic E-state index is 4.33. The van der Waals surface area contributed by atoms with Gasteiger partial charge in [-0.1, -0.05) is 18.2 Å². The Bertz CT molecular complexity index is 1290. The fourth-order valence-corrected chi connectivity index (χ4v) is 4.84. The Hall–Kier alpha value is -3.27. The van der Waals surface area contributed by atoms with Crippen LogP contribution in [0.4, 0.5) is 0 Å². The first-order valence-electron chi connectivity index (χ1n) is 13.9. The maximum atomic E-state index is 4.33. The average Bonchev–Trinajstić information content (AvgIpc) is 3.77. The zero-order chi connectivity index (χ0) is 29.9. The summed E-state index contributed by atoms with van der Waals surface area (Å²) in [6, 6.07) is 8.99. The van der Waals surface area contributed by atoms with Gasteiger partial charge in [-0.3, -0.25) is 15.0 Å². The highest BCUT2D eigenvalue weighted by molar-refractivity contribution is 7.18. The van der Waals surface area contributed by atoms with Crippen molar-refractivity contribution in [2.75, 3.05) is 6.54 Å². The second kappa shape index (κ2) is 19.7. The zero-order valence-corrected chi connectivity index (χ0v) is 27.2. The summed E-state index contributed by atoms with van der Waals surface area (Å²) >= 11 is 3.41. The van der Waals surface area contributed by atoms with Crippen molar-refractivity contribution >= 4 is 44.8 Å². The molecule has 9 heteroatoms. The Morgan fingerprint density at radius 3 is 2.12 bits per heavy atom. The van der Waals surface area contributed by atoms with E-state index in [-0.39, 0.29) is 0 Å². The van der Waals surface area contributed by atoms with Gasteiger partial charge in [0.25, 0.3) is 0 Å². The van der Waals surface area contributed by atoms with Crippen LogP contribution in [0.15, 0.2) is 82.4 Å². The molecule has 0 saturated carbocycles. The minimum atomic E-state index is 0.796. The molecule has 6 heterocycles. The Labute approximate surface area is 253 Å². The van der Waals surface area contributed by atoms with Gasteiger partial charge in [0, 0.05) is 68.0 Å². The number of fused-ring (bicyclic) bond motifs is 1. The maximum Gasteiger partial charge on any atom is 0.0946 e. The lowest BCUT2D eigenvalue weighted by molar-refractivity contribution is 0.664. The Morgan fingerprint density at radius 2 is 1.80 bits per heavy atom. The van der Waals surface area contributed by atoms with Crippen LogP contribution in [0.5, 0.6) is 0 Å². The summed E-state index contributed by atoms with van der Waals surface area (Å²) < 4.78 is 3.20. The summed E-state index contributed by atoms with van der Waals surface area (Å²) in [5.41, 5.74) is 4.76. The van der Waals surface area contributed by atoms with Gasteiger partial charge < -0.3 is 9.88 Å². The number of benzene rings is 1. The van der Waals surface area contributed by atoms with Gasteiger partial charge in [0.2, 0.25) is 0 Å². The summed E-state index contributed by atoms with van der Waals surface area (Å²) in [7, 11) is 1.96. The van der Waals surface area contributed by atoms with E-state index >= 15 is 0 Å². The van der Waals surface area contributed by atoms with Crippen molar-refractivity contribution in [3.8, 4) is 0 Å². The smallest absolute Gasteiger partial charge is 0.0946 e. The molecule has 3 aliphatic rings. The number of imidazole rings is 1. The van der Waals surface area contributed by atoms with Crippen LogP contribution < -0.4 is 5.32 Å². The fourth-order valence-electron chi connectivity index (χ4n) is 3.57. The van der Waals surface area contributed by atoms with Crippen molar-refractivity contribution in [2.45, 2.75) is 73.3 Å². The zero-order valence-electron chi connectivity index (χ0n) is 25.5. The van der Waals surface area contributed by atoms with Gasteiger partial charge in [-0.05, 0) is 78.6 Å². The van der Waals surface area contributed by atoms with Gasteiger partial charge in [-0.15, -0.1) is 22.7 Å². The molecule has 1 atom stereocenters. The van der Waals surface area contributed by atoms with Gasteiger partial charge in [0.1, 0.15) is 0 Å². The second-order valence-electron chi connectivity index (χ2n) is 9.89. The molecule has 3 aliphatic heterocycles. The first-order chi connectivity index (χ1) is 19.7. The molecule has 3 aromatic heterocycles. The largest absolute Gasteiger partial charge is 0.340 e. The monoisotopic (exact) mass is 591 g/mol. The van der Waals surface area contributed by atoms with Crippen LogP contribution in [0, 0.1) is 20.8 Å². The predicted octanol–water partition coefficient (Wildman–Crippen LogP) is 8.27. The normalized spacial score (nSPS) is 15.9. The van der Waals surface area contributed by atoms with Crippen LogP contribution in [0.3, 0.4) is 0 Å². The van der Waals surface area contributed by atoms with Crippen molar-refractivity contribution in [3.63, 3.8) is 0 Å². The topological polar surface area (TPSA) is 80.4 Å². The molecule has 1 N–H and O–H groups in total. The Balaban J connectivity index is 0.000000175. The van der Waals surface area contributed by atoms with E-state index in [2.05, 4.69) is 56.2 Å². The number of para-hydroxylation sites is 1. The lowest BCUT2D eigenvalue weighted by atomic mass is 10.3. The number of nitrogens with one attached hydrogen (secondary N) is 1. The van der Waals surface area contributed by atoms with E-state index in [4.69, 9.17) is 0 Å². The van der Waals surface area contributed by atoms with Crippen molar-refractivity contribution in [1.29, 1.82) is 0 Å². The number of thiazole rings is 2. The molecule has 0 bridgehead atoms. The molecule has 0 radical (unpaired) electrons. The number of allylic oxidation sites excluding steroid dienone is 2. The van der Waals surface area contributed by atoms with Crippen LogP contribution in [-0.4, -0.2) is 44.0 Å². The number of hydrogen-bond acceptors (Lipinski definition) is 8. The highest BCUT2D eigenvalue weighted by Gasteiger charge is 2.05. The highest BCUT2D eigenvalue weighted by Crippen LogP contribution is 2.19. The van der Waals surface area contributed by atoms with Gasteiger partial charge >= 0.3 is 0 Å². The quantitative estimate of drug-likeness (QED) is 0.223. The number of hydrogen-bond donors (Lipinski definition) is 1. The van der Waals surface area contributed by atoms with Crippen LogP contribution in [0.2, 0.25) is 0 Å². The lowest BCUT2D eigenvalue weighted by Crippen LogP contribution is -2.16. The average molecular weight is 592 g/mol. The Morgan fingerprint density at radius 1 is 1.00 bits per heavy atom. The van der Waals surface area contributed by atoms with E-state index < -0.39 is 0 Å².